The minimum Gasteiger partial charge on any atom is -0.493 e. The molecule has 0 bridgehead atoms. The highest BCUT2D eigenvalue weighted by Gasteiger charge is 2.34. The van der Waals surface area contributed by atoms with Crippen LogP contribution in [-0.2, 0) is 29.0 Å². The van der Waals surface area contributed by atoms with Gasteiger partial charge >= 0.3 is 0 Å². The van der Waals surface area contributed by atoms with Crippen molar-refractivity contribution in [2.24, 2.45) is 0 Å². The molecule has 4 aromatic carbocycles. The number of nitrogens with one attached hydrogen (secondary N) is 2. The van der Waals surface area contributed by atoms with Crippen molar-refractivity contribution >= 4 is 11.8 Å². The Morgan fingerprint density at radius 2 is 1.47 bits per heavy atom. The second kappa shape index (κ2) is 17.6. The summed E-state index contributed by atoms with van der Waals surface area (Å²) in [4.78, 5) is 28.7. The molecule has 258 valence electrons. The molecule has 5 rings (SSSR count). The molecule has 49 heavy (non-hydrogen) atoms. The monoisotopic (exact) mass is 665 g/mol. The molecule has 0 aliphatic carbocycles. The van der Waals surface area contributed by atoms with Crippen LogP contribution in [0.15, 0.2) is 103 Å². The Morgan fingerprint density at radius 3 is 2.16 bits per heavy atom. The van der Waals surface area contributed by atoms with E-state index in [4.69, 9.17) is 9.47 Å². The third kappa shape index (κ3) is 10.2. The topological polar surface area (TPSA) is 120 Å². The van der Waals surface area contributed by atoms with Crippen LogP contribution in [0.1, 0.15) is 36.0 Å². The van der Waals surface area contributed by atoms with Gasteiger partial charge in [-0.25, -0.2) is 0 Å². The van der Waals surface area contributed by atoms with Gasteiger partial charge in [-0.3, -0.25) is 14.5 Å². The maximum Gasteiger partial charge on any atom is 0.251 e. The number of carbonyl (C=O) groups excluding carboxylic acids is 2. The Kier molecular flexibility index (Phi) is 12.8. The lowest BCUT2D eigenvalue weighted by Gasteiger charge is -2.28. The molecule has 1 fully saturated rings. The van der Waals surface area contributed by atoms with Crippen LogP contribution in [0.3, 0.4) is 0 Å². The van der Waals surface area contributed by atoms with Crippen molar-refractivity contribution in [3.8, 4) is 22.6 Å². The summed E-state index contributed by atoms with van der Waals surface area (Å²) in [7, 11) is 3.17. The van der Waals surface area contributed by atoms with Gasteiger partial charge in [0, 0.05) is 32.1 Å². The number of amides is 2. The maximum absolute atomic E-state index is 13.2. The molecule has 1 aliphatic rings. The number of aryl methyl sites for hydroxylation is 1. The van der Waals surface area contributed by atoms with Gasteiger partial charge in [-0.05, 0) is 65.6 Å². The smallest absolute Gasteiger partial charge is 0.251 e. The highest BCUT2D eigenvalue weighted by atomic mass is 16.5. The van der Waals surface area contributed by atoms with E-state index < -0.39 is 24.2 Å². The fourth-order valence-corrected chi connectivity index (χ4v) is 6.34. The molecule has 0 radical (unpaired) electrons. The van der Waals surface area contributed by atoms with E-state index in [-0.39, 0.29) is 24.8 Å². The van der Waals surface area contributed by atoms with Gasteiger partial charge in [0.15, 0.2) is 17.6 Å². The summed E-state index contributed by atoms with van der Waals surface area (Å²) in [5, 5.41) is 28.3. The molecule has 4 N–H and O–H groups in total. The Bertz CT molecular complexity index is 1630. The predicted octanol–water partition coefficient (Wildman–Crippen LogP) is 4.53. The summed E-state index contributed by atoms with van der Waals surface area (Å²) >= 11 is 0. The van der Waals surface area contributed by atoms with E-state index in [1.54, 1.807) is 14.2 Å². The Morgan fingerprint density at radius 1 is 0.816 bits per heavy atom. The first-order valence-corrected chi connectivity index (χ1v) is 16.9. The van der Waals surface area contributed by atoms with E-state index in [1.807, 2.05) is 91.0 Å². The van der Waals surface area contributed by atoms with E-state index in [2.05, 4.69) is 27.7 Å². The molecule has 4 atom stereocenters. The zero-order valence-electron chi connectivity index (χ0n) is 28.3. The number of aliphatic hydroxyl groups excluding tert-OH is 2. The lowest BCUT2D eigenvalue weighted by molar-refractivity contribution is -0.138. The van der Waals surface area contributed by atoms with Crippen molar-refractivity contribution in [3.05, 3.63) is 120 Å². The molecule has 1 heterocycles. The standard InChI is InChI=1S/C40H47N3O6/c1-48-35-21-18-28(25-36(35)49-2)12-9-15-37(44)42-34(24-29-16-19-32(20-17-29)31-13-7-4-8-14-31)38(45)39(46)40(47)41-33-22-23-43(27-33)26-30-10-5-3-6-11-30/h3-8,10-11,13-14,16-21,25,33-34,38-39,45-46H,9,12,15,22-24,26-27H2,1-2H3,(H,41,47)(H,42,44). The lowest BCUT2D eigenvalue weighted by atomic mass is 9.95. The van der Waals surface area contributed by atoms with Crippen LogP contribution in [0, 0.1) is 0 Å². The van der Waals surface area contributed by atoms with E-state index in [0.717, 1.165) is 41.8 Å². The SMILES string of the molecule is COc1ccc(CCCC(=O)NC(Cc2ccc(-c3ccccc3)cc2)C(O)C(O)C(=O)NC2CCN(Cc3ccccc3)C2)cc1OC. The summed E-state index contributed by atoms with van der Waals surface area (Å²) in [5.41, 5.74) is 5.17. The van der Waals surface area contributed by atoms with E-state index >= 15 is 0 Å². The van der Waals surface area contributed by atoms with E-state index in [9.17, 15) is 19.8 Å². The molecular weight excluding hydrogens is 618 g/mol. The zero-order valence-corrected chi connectivity index (χ0v) is 28.3. The molecule has 0 aromatic heterocycles. The summed E-state index contributed by atoms with van der Waals surface area (Å²) in [6, 6.07) is 32.6. The van der Waals surface area contributed by atoms with Gasteiger partial charge in [0.1, 0.15) is 6.10 Å². The molecule has 0 spiro atoms. The Hall–Kier alpha value is -4.70. The number of nitrogens with zero attached hydrogens (tertiary/aromatic N) is 1. The number of ether oxygens (including phenoxy) is 2. The van der Waals surface area contributed by atoms with Gasteiger partial charge in [-0.2, -0.15) is 0 Å². The average molecular weight is 666 g/mol. The van der Waals surface area contributed by atoms with Gasteiger partial charge in [0.05, 0.1) is 20.3 Å². The number of hydrogen-bond acceptors (Lipinski definition) is 7. The average Bonchev–Trinajstić information content (AvgIpc) is 3.57. The number of methoxy groups -OCH3 is 2. The highest BCUT2D eigenvalue weighted by Crippen LogP contribution is 2.28. The number of benzene rings is 4. The third-order valence-electron chi connectivity index (χ3n) is 9.05. The van der Waals surface area contributed by atoms with Crippen LogP contribution in [-0.4, -0.2) is 78.5 Å². The molecular formula is C40H47N3O6. The number of likely N-dealkylation sites (tertiary alicyclic amines) is 1. The first-order valence-electron chi connectivity index (χ1n) is 16.9. The van der Waals surface area contributed by atoms with Gasteiger partial charge < -0.3 is 30.3 Å². The molecule has 9 heteroatoms. The molecule has 1 saturated heterocycles. The van der Waals surface area contributed by atoms with Crippen molar-refractivity contribution in [2.45, 2.75) is 62.9 Å². The largest absolute Gasteiger partial charge is 0.493 e. The molecule has 9 nitrogen and oxygen atoms in total. The quantitative estimate of drug-likeness (QED) is 0.139. The summed E-state index contributed by atoms with van der Waals surface area (Å²) in [5.74, 6) is 0.342. The van der Waals surface area contributed by atoms with Gasteiger partial charge in [0.2, 0.25) is 5.91 Å². The fourth-order valence-electron chi connectivity index (χ4n) is 6.34. The number of aliphatic hydroxyl groups is 2. The van der Waals surface area contributed by atoms with Crippen molar-refractivity contribution in [3.63, 3.8) is 0 Å². The van der Waals surface area contributed by atoms with Crippen LogP contribution < -0.4 is 20.1 Å². The Labute approximate surface area is 288 Å². The molecule has 1 aliphatic heterocycles. The second-order valence-electron chi connectivity index (χ2n) is 12.6. The van der Waals surface area contributed by atoms with Crippen molar-refractivity contribution in [1.29, 1.82) is 0 Å². The van der Waals surface area contributed by atoms with Crippen molar-refractivity contribution in [1.82, 2.24) is 15.5 Å². The van der Waals surface area contributed by atoms with Crippen LogP contribution in [0.25, 0.3) is 11.1 Å². The van der Waals surface area contributed by atoms with E-state index in [1.165, 1.54) is 5.56 Å². The maximum atomic E-state index is 13.2. The van der Waals surface area contributed by atoms with Crippen LogP contribution >= 0.6 is 0 Å². The van der Waals surface area contributed by atoms with Crippen molar-refractivity contribution < 1.29 is 29.3 Å². The summed E-state index contributed by atoms with van der Waals surface area (Å²) in [6.07, 6.45) is -0.873. The van der Waals surface area contributed by atoms with Gasteiger partial charge in [0.25, 0.3) is 5.91 Å². The second-order valence-corrected chi connectivity index (χ2v) is 12.6. The summed E-state index contributed by atoms with van der Waals surface area (Å²) < 4.78 is 10.7. The zero-order chi connectivity index (χ0) is 34.6. The fraction of sp³-hybridized carbons (Fsp3) is 0.350. The van der Waals surface area contributed by atoms with Crippen molar-refractivity contribution in [2.75, 3.05) is 27.3 Å². The normalized spacial score (nSPS) is 16.4. The Balaban J connectivity index is 1.21. The van der Waals surface area contributed by atoms with Crippen LogP contribution in [0.2, 0.25) is 0 Å². The van der Waals surface area contributed by atoms with Crippen LogP contribution in [0.5, 0.6) is 11.5 Å². The van der Waals surface area contributed by atoms with Crippen LogP contribution in [0.4, 0.5) is 0 Å². The van der Waals surface area contributed by atoms with Gasteiger partial charge in [-0.15, -0.1) is 0 Å². The lowest BCUT2D eigenvalue weighted by Crippen LogP contribution is -2.55. The third-order valence-corrected chi connectivity index (χ3v) is 9.05. The minimum absolute atomic E-state index is 0.145. The minimum atomic E-state index is -1.72. The van der Waals surface area contributed by atoms with E-state index in [0.29, 0.717) is 30.9 Å². The number of carbonyl (C=O) groups is 2. The number of rotatable bonds is 16. The summed E-state index contributed by atoms with van der Waals surface area (Å²) in [6.45, 7) is 2.25. The number of hydrogen-bond donors (Lipinski definition) is 4. The van der Waals surface area contributed by atoms with Gasteiger partial charge in [-0.1, -0.05) is 91.0 Å². The first-order chi connectivity index (χ1) is 23.8. The molecule has 4 aromatic rings. The molecule has 0 saturated carbocycles. The molecule has 2 amide bonds. The highest BCUT2D eigenvalue weighted by molar-refractivity contribution is 5.82. The first kappa shape index (κ1) is 35.6. The predicted molar refractivity (Wildman–Crippen MR) is 190 cm³/mol. The molecule has 4 unspecified atom stereocenters.